The zero-order chi connectivity index (χ0) is 12.0. The number of amides is 1. The van der Waals surface area contributed by atoms with E-state index in [1.807, 2.05) is 0 Å². The highest BCUT2D eigenvalue weighted by Gasteiger charge is 2.11. The number of benzene rings is 1. The number of phenolic OH excluding ortho intramolecular Hbond substituents is 1. The van der Waals surface area contributed by atoms with Crippen LogP contribution in [-0.2, 0) is 11.3 Å². The van der Waals surface area contributed by atoms with E-state index in [1.165, 1.54) is 0 Å². The molecule has 84 valence electrons. The first kappa shape index (κ1) is 12.1. The van der Waals surface area contributed by atoms with Crippen LogP contribution >= 0.6 is 0 Å². The zero-order valence-electron chi connectivity index (χ0n) is 8.81. The molecule has 0 bridgehead atoms. The monoisotopic (exact) mass is 218 g/mol. The molecule has 0 heterocycles. The molecular formula is C12H14N2O2. The van der Waals surface area contributed by atoms with Crippen LogP contribution in [0.25, 0.3) is 0 Å². The number of nitrogens with two attached hydrogens (primary N) is 1. The van der Waals surface area contributed by atoms with Crippen LogP contribution in [-0.4, -0.2) is 17.1 Å². The maximum Gasteiger partial charge on any atom is 0.238 e. The summed E-state index contributed by atoms with van der Waals surface area (Å²) in [6, 6.07) is 6.08. The summed E-state index contributed by atoms with van der Waals surface area (Å²) in [6.45, 7) is 0.240. The van der Waals surface area contributed by atoms with Gasteiger partial charge in [0.15, 0.2) is 0 Å². The van der Waals surface area contributed by atoms with E-state index in [0.29, 0.717) is 5.56 Å². The maximum atomic E-state index is 11.4. The summed E-state index contributed by atoms with van der Waals surface area (Å²) in [5, 5.41) is 12.1. The van der Waals surface area contributed by atoms with E-state index in [4.69, 9.17) is 12.2 Å². The lowest BCUT2D eigenvalue weighted by atomic mass is 10.2. The molecule has 0 aliphatic carbocycles. The quantitative estimate of drug-likeness (QED) is 0.639. The minimum absolute atomic E-state index is 0.147. The molecule has 1 amide bonds. The van der Waals surface area contributed by atoms with Gasteiger partial charge in [-0.05, 0) is 6.07 Å². The molecule has 1 aromatic carbocycles. The summed E-state index contributed by atoms with van der Waals surface area (Å²) >= 11 is 0. The van der Waals surface area contributed by atoms with E-state index < -0.39 is 6.04 Å². The molecular weight excluding hydrogens is 204 g/mol. The Morgan fingerprint density at radius 2 is 2.25 bits per heavy atom. The van der Waals surface area contributed by atoms with Gasteiger partial charge >= 0.3 is 0 Å². The Morgan fingerprint density at radius 3 is 2.88 bits per heavy atom. The molecule has 0 saturated heterocycles. The Kier molecular flexibility index (Phi) is 4.37. The van der Waals surface area contributed by atoms with E-state index in [0.717, 1.165) is 0 Å². The fourth-order valence-corrected chi connectivity index (χ4v) is 1.19. The number of hydrogen-bond donors (Lipinski definition) is 3. The second kappa shape index (κ2) is 5.79. The smallest absolute Gasteiger partial charge is 0.238 e. The van der Waals surface area contributed by atoms with E-state index >= 15 is 0 Å². The Hall–Kier alpha value is -1.99. The Labute approximate surface area is 94.5 Å². The van der Waals surface area contributed by atoms with Crippen molar-refractivity contribution in [2.75, 3.05) is 0 Å². The van der Waals surface area contributed by atoms with Gasteiger partial charge in [-0.25, -0.2) is 0 Å². The first-order chi connectivity index (χ1) is 7.65. The fourth-order valence-electron chi connectivity index (χ4n) is 1.19. The summed E-state index contributed by atoms with van der Waals surface area (Å²) in [5.74, 6) is 2.15. The summed E-state index contributed by atoms with van der Waals surface area (Å²) in [5.41, 5.74) is 6.16. The molecule has 1 atom stereocenters. The van der Waals surface area contributed by atoms with Crippen LogP contribution < -0.4 is 11.1 Å². The minimum Gasteiger partial charge on any atom is -0.508 e. The average Bonchev–Trinajstić information content (AvgIpc) is 2.28. The highest BCUT2D eigenvalue weighted by molar-refractivity contribution is 5.81. The first-order valence-electron chi connectivity index (χ1n) is 4.88. The maximum absolute atomic E-state index is 11.4. The molecule has 1 unspecified atom stereocenters. The van der Waals surface area contributed by atoms with E-state index in [9.17, 15) is 9.90 Å². The zero-order valence-corrected chi connectivity index (χ0v) is 8.81. The third kappa shape index (κ3) is 3.30. The number of carbonyl (C=O) groups excluding carboxylic acids is 1. The van der Waals surface area contributed by atoms with E-state index in [1.54, 1.807) is 24.3 Å². The molecule has 4 heteroatoms. The molecule has 1 rings (SSSR count). The lowest BCUT2D eigenvalue weighted by molar-refractivity contribution is -0.122. The largest absolute Gasteiger partial charge is 0.508 e. The SMILES string of the molecule is C#CCC(N)C(=O)NCc1ccccc1O. The third-order valence-electron chi connectivity index (χ3n) is 2.12. The topological polar surface area (TPSA) is 75.4 Å². The van der Waals surface area contributed by atoms with Gasteiger partial charge < -0.3 is 16.2 Å². The van der Waals surface area contributed by atoms with Crippen molar-refractivity contribution in [2.45, 2.75) is 19.0 Å². The number of nitrogens with one attached hydrogen (secondary N) is 1. The third-order valence-corrected chi connectivity index (χ3v) is 2.12. The van der Waals surface area contributed by atoms with Crippen molar-refractivity contribution in [2.24, 2.45) is 5.73 Å². The van der Waals surface area contributed by atoms with Crippen molar-refractivity contribution in [3.05, 3.63) is 29.8 Å². The predicted octanol–water partition coefficient (Wildman–Crippen LogP) is 0.359. The minimum atomic E-state index is -0.698. The highest BCUT2D eigenvalue weighted by Crippen LogP contribution is 2.14. The van der Waals surface area contributed by atoms with E-state index in [2.05, 4.69) is 11.2 Å². The molecule has 0 aliphatic heterocycles. The summed E-state index contributed by atoms with van der Waals surface area (Å²) in [6.07, 6.45) is 5.25. The number of rotatable bonds is 4. The van der Waals surface area contributed by atoms with Crippen molar-refractivity contribution >= 4 is 5.91 Å². The second-order valence-corrected chi connectivity index (χ2v) is 3.36. The van der Waals surface area contributed by atoms with Crippen molar-refractivity contribution in [1.82, 2.24) is 5.32 Å². The van der Waals surface area contributed by atoms with Crippen molar-refractivity contribution in [1.29, 1.82) is 0 Å². The second-order valence-electron chi connectivity index (χ2n) is 3.36. The Bertz CT molecular complexity index is 410. The van der Waals surface area contributed by atoms with Gasteiger partial charge in [-0.15, -0.1) is 12.3 Å². The normalized spacial score (nSPS) is 11.5. The van der Waals surface area contributed by atoms with Gasteiger partial charge in [0.2, 0.25) is 5.91 Å². The van der Waals surface area contributed by atoms with Crippen molar-refractivity contribution in [3.63, 3.8) is 0 Å². The summed E-state index contributed by atoms with van der Waals surface area (Å²) < 4.78 is 0. The highest BCUT2D eigenvalue weighted by atomic mass is 16.3. The molecule has 4 N–H and O–H groups in total. The van der Waals surface area contributed by atoms with Crippen LogP contribution in [0.4, 0.5) is 0 Å². The van der Waals surface area contributed by atoms with Crippen LogP contribution in [0, 0.1) is 12.3 Å². The number of hydrogen-bond acceptors (Lipinski definition) is 3. The van der Waals surface area contributed by atoms with Gasteiger partial charge in [0, 0.05) is 18.5 Å². The van der Waals surface area contributed by atoms with Crippen molar-refractivity contribution < 1.29 is 9.90 Å². The molecule has 0 fully saturated rings. The lowest BCUT2D eigenvalue weighted by Gasteiger charge is -2.10. The van der Waals surface area contributed by atoms with Gasteiger partial charge in [0.25, 0.3) is 0 Å². The molecule has 0 aliphatic rings. The average molecular weight is 218 g/mol. The molecule has 16 heavy (non-hydrogen) atoms. The van der Waals surface area contributed by atoms with E-state index in [-0.39, 0.29) is 24.6 Å². The number of aromatic hydroxyl groups is 1. The first-order valence-corrected chi connectivity index (χ1v) is 4.88. The van der Waals surface area contributed by atoms with Crippen LogP contribution in [0.1, 0.15) is 12.0 Å². The Balaban J connectivity index is 2.50. The van der Waals surface area contributed by atoms with Crippen LogP contribution in [0.5, 0.6) is 5.75 Å². The predicted molar refractivity (Wildman–Crippen MR) is 61.4 cm³/mol. The van der Waals surface area contributed by atoms with Crippen LogP contribution in [0.15, 0.2) is 24.3 Å². The molecule has 0 spiro atoms. The molecule has 0 aromatic heterocycles. The number of carbonyl (C=O) groups is 1. The fraction of sp³-hybridized carbons (Fsp3) is 0.250. The van der Waals surface area contributed by atoms with Crippen LogP contribution in [0.3, 0.4) is 0 Å². The van der Waals surface area contributed by atoms with Crippen molar-refractivity contribution in [3.8, 4) is 18.1 Å². The van der Waals surface area contributed by atoms with Gasteiger partial charge in [0.1, 0.15) is 5.75 Å². The summed E-state index contributed by atoms with van der Waals surface area (Å²) in [4.78, 5) is 11.4. The molecule has 0 saturated carbocycles. The Morgan fingerprint density at radius 1 is 1.56 bits per heavy atom. The van der Waals surface area contributed by atoms with Gasteiger partial charge in [0.05, 0.1) is 6.04 Å². The lowest BCUT2D eigenvalue weighted by Crippen LogP contribution is -2.39. The van der Waals surface area contributed by atoms with Gasteiger partial charge in [-0.3, -0.25) is 4.79 Å². The number of terminal acetylenes is 1. The standard InChI is InChI=1S/C12H14N2O2/c1-2-5-10(13)12(16)14-8-9-6-3-4-7-11(9)15/h1,3-4,6-7,10,15H,5,8,13H2,(H,14,16). The number of para-hydroxylation sites is 1. The summed E-state index contributed by atoms with van der Waals surface area (Å²) in [7, 11) is 0. The number of phenols is 1. The van der Waals surface area contributed by atoms with Gasteiger partial charge in [-0.1, -0.05) is 18.2 Å². The molecule has 0 radical (unpaired) electrons. The van der Waals surface area contributed by atoms with Gasteiger partial charge in [-0.2, -0.15) is 0 Å². The van der Waals surface area contributed by atoms with Crippen LogP contribution in [0.2, 0.25) is 0 Å². The molecule has 1 aromatic rings. The molecule has 4 nitrogen and oxygen atoms in total.